The average molecular weight is 877 g/mol. The zero-order valence-electron chi connectivity index (χ0n) is 12.6. The van der Waals surface area contributed by atoms with E-state index in [1.165, 1.54) is 3.57 Å². The van der Waals surface area contributed by atoms with Crippen LogP contribution in [-0.2, 0) is 4.74 Å². The zero-order valence-corrected chi connectivity index (χ0v) is 23.4. The number of ether oxygens (including phenoxy) is 1. The maximum atomic E-state index is 12.9. The van der Waals surface area contributed by atoms with Crippen molar-refractivity contribution >= 4 is 119 Å². The van der Waals surface area contributed by atoms with Crippen LogP contribution in [0.2, 0.25) is 0 Å². The SMILES string of the molecule is CC(C)(OC(=O)c1c(I)c(I)c(I)c(I)c1I)C1CCNCC1. The molecule has 0 saturated carbocycles. The summed E-state index contributed by atoms with van der Waals surface area (Å²) in [5.41, 5.74) is 0.271. The second kappa shape index (κ2) is 8.99. The van der Waals surface area contributed by atoms with E-state index in [2.05, 4.69) is 118 Å². The van der Waals surface area contributed by atoms with Crippen molar-refractivity contribution in [3.63, 3.8) is 0 Å². The molecule has 1 aromatic rings. The van der Waals surface area contributed by atoms with Gasteiger partial charge in [0.25, 0.3) is 0 Å². The van der Waals surface area contributed by atoms with Crippen LogP contribution in [0.1, 0.15) is 37.0 Å². The van der Waals surface area contributed by atoms with Gasteiger partial charge in [0.15, 0.2) is 0 Å². The Morgan fingerprint density at radius 1 is 0.957 bits per heavy atom. The first-order valence-electron chi connectivity index (χ1n) is 7.12. The summed E-state index contributed by atoms with van der Waals surface area (Å²) in [5.74, 6) is 0.208. The summed E-state index contributed by atoms with van der Waals surface area (Å²) in [6.45, 7) is 6.09. The first-order valence-corrected chi connectivity index (χ1v) is 12.5. The standard InChI is InChI=1S/C15H16I5NO2/c1-15(2,7-3-5-21-6-4-7)23-14(22)8-9(16)11(18)13(20)12(19)10(8)17/h7,21H,3-6H2,1-2H3. The summed E-state index contributed by atoms with van der Waals surface area (Å²) < 4.78 is 11.4. The van der Waals surface area contributed by atoms with Gasteiger partial charge in [0.2, 0.25) is 0 Å². The molecule has 2 rings (SSSR count). The van der Waals surface area contributed by atoms with Crippen LogP contribution >= 0.6 is 113 Å². The van der Waals surface area contributed by atoms with Crippen molar-refractivity contribution in [1.29, 1.82) is 0 Å². The van der Waals surface area contributed by atoms with E-state index in [-0.39, 0.29) is 5.97 Å². The molecule has 0 atom stereocenters. The fourth-order valence-corrected chi connectivity index (χ4v) is 7.88. The van der Waals surface area contributed by atoms with Gasteiger partial charge in [0.1, 0.15) is 5.60 Å². The second-order valence-electron chi connectivity index (χ2n) is 5.96. The molecule has 0 spiro atoms. The zero-order chi connectivity index (χ0) is 17.4. The van der Waals surface area contributed by atoms with Crippen LogP contribution < -0.4 is 5.32 Å². The number of nitrogens with one attached hydrogen (secondary N) is 1. The Labute approximate surface area is 205 Å². The Bertz CT molecular complexity index is 598. The van der Waals surface area contributed by atoms with Crippen LogP contribution in [0.5, 0.6) is 0 Å². The smallest absolute Gasteiger partial charge is 0.340 e. The molecule has 0 aromatic heterocycles. The van der Waals surface area contributed by atoms with Crippen LogP contribution in [0.25, 0.3) is 0 Å². The van der Waals surface area contributed by atoms with Crippen molar-refractivity contribution in [1.82, 2.24) is 5.32 Å². The van der Waals surface area contributed by atoms with Crippen LogP contribution in [0.3, 0.4) is 0 Å². The van der Waals surface area contributed by atoms with Gasteiger partial charge in [-0.3, -0.25) is 0 Å². The first kappa shape index (κ1) is 21.6. The Hall–Kier alpha value is 2.30. The molecule has 0 amide bonds. The highest BCUT2D eigenvalue weighted by atomic mass is 127. The number of benzene rings is 1. The predicted molar refractivity (Wildman–Crippen MR) is 135 cm³/mol. The average Bonchev–Trinajstić information content (AvgIpc) is 2.51. The first-order chi connectivity index (χ1) is 10.7. The number of piperidine rings is 1. The van der Waals surface area contributed by atoms with Crippen molar-refractivity contribution < 1.29 is 9.53 Å². The van der Waals surface area contributed by atoms with Gasteiger partial charge in [-0.1, -0.05) is 0 Å². The summed E-state index contributed by atoms with van der Waals surface area (Å²) in [7, 11) is 0. The molecular formula is C15H16I5NO2. The van der Waals surface area contributed by atoms with Gasteiger partial charge >= 0.3 is 5.97 Å². The van der Waals surface area contributed by atoms with Crippen molar-refractivity contribution in [2.45, 2.75) is 32.3 Å². The van der Waals surface area contributed by atoms with E-state index in [0.717, 1.165) is 40.2 Å². The number of hydrogen-bond acceptors (Lipinski definition) is 3. The number of esters is 1. The predicted octanol–water partition coefficient (Wildman–Crippen LogP) is 5.64. The highest BCUT2D eigenvalue weighted by Crippen LogP contribution is 2.36. The van der Waals surface area contributed by atoms with Gasteiger partial charge in [-0.25, -0.2) is 4.79 Å². The van der Waals surface area contributed by atoms with E-state index in [4.69, 9.17) is 4.74 Å². The molecule has 1 saturated heterocycles. The highest BCUT2D eigenvalue weighted by Gasteiger charge is 2.36. The fourth-order valence-electron chi connectivity index (χ4n) is 2.67. The lowest BCUT2D eigenvalue weighted by atomic mass is 9.83. The Balaban J connectivity index is 2.31. The molecule has 0 unspecified atom stereocenters. The van der Waals surface area contributed by atoms with Crippen LogP contribution in [0.4, 0.5) is 0 Å². The van der Waals surface area contributed by atoms with Gasteiger partial charge in [-0.05, 0) is 153 Å². The maximum absolute atomic E-state index is 12.9. The van der Waals surface area contributed by atoms with Gasteiger partial charge in [-0.2, -0.15) is 0 Å². The van der Waals surface area contributed by atoms with Crippen LogP contribution in [-0.4, -0.2) is 24.7 Å². The van der Waals surface area contributed by atoms with Gasteiger partial charge in [-0.15, -0.1) is 0 Å². The maximum Gasteiger partial charge on any atom is 0.340 e. The molecule has 3 nitrogen and oxygen atoms in total. The third-order valence-corrected chi connectivity index (χ3v) is 13.6. The molecule has 1 aliphatic heterocycles. The molecule has 1 N–H and O–H groups in total. The lowest BCUT2D eigenvalue weighted by Crippen LogP contribution is -2.43. The number of halogens is 5. The van der Waals surface area contributed by atoms with E-state index >= 15 is 0 Å². The molecule has 0 bridgehead atoms. The third kappa shape index (κ3) is 4.97. The van der Waals surface area contributed by atoms with Crippen molar-refractivity contribution in [3.05, 3.63) is 23.4 Å². The lowest BCUT2D eigenvalue weighted by molar-refractivity contribution is -0.0370. The summed E-state index contributed by atoms with van der Waals surface area (Å²) in [6.07, 6.45) is 2.10. The minimum absolute atomic E-state index is 0.199. The molecule has 1 fully saturated rings. The quantitative estimate of drug-likeness (QED) is 0.185. The highest BCUT2D eigenvalue weighted by molar-refractivity contribution is 14.1. The Morgan fingerprint density at radius 2 is 1.39 bits per heavy atom. The third-order valence-electron chi connectivity index (χ3n) is 4.09. The summed E-state index contributed by atoms with van der Waals surface area (Å²) in [4.78, 5) is 12.9. The molecule has 8 heteroatoms. The van der Waals surface area contributed by atoms with Crippen molar-refractivity contribution in [2.75, 3.05) is 13.1 Å². The van der Waals surface area contributed by atoms with Gasteiger partial charge in [0.05, 0.1) is 5.56 Å². The van der Waals surface area contributed by atoms with Crippen molar-refractivity contribution in [3.8, 4) is 0 Å². The van der Waals surface area contributed by atoms with E-state index in [1.807, 2.05) is 13.8 Å². The molecule has 128 valence electrons. The number of carbonyl (C=O) groups is 1. The Kier molecular flexibility index (Phi) is 8.45. The molecule has 1 heterocycles. The fraction of sp³-hybridized carbons (Fsp3) is 0.533. The van der Waals surface area contributed by atoms with E-state index in [9.17, 15) is 4.79 Å². The van der Waals surface area contributed by atoms with E-state index < -0.39 is 5.60 Å². The normalized spacial score (nSPS) is 16.5. The minimum Gasteiger partial charge on any atom is -0.456 e. The summed E-state index contributed by atoms with van der Waals surface area (Å²) >= 11 is 11.5. The van der Waals surface area contributed by atoms with Gasteiger partial charge in [0, 0.05) is 23.8 Å². The largest absolute Gasteiger partial charge is 0.456 e. The number of carbonyl (C=O) groups excluding carboxylic acids is 1. The number of rotatable bonds is 3. The van der Waals surface area contributed by atoms with Crippen molar-refractivity contribution in [2.24, 2.45) is 5.92 Å². The van der Waals surface area contributed by atoms with Gasteiger partial charge < -0.3 is 10.1 Å². The molecule has 1 aromatic carbocycles. The monoisotopic (exact) mass is 877 g/mol. The van der Waals surface area contributed by atoms with E-state index in [1.54, 1.807) is 0 Å². The van der Waals surface area contributed by atoms with E-state index in [0.29, 0.717) is 11.5 Å². The molecule has 0 radical (unpaired) electrons. The Morgan fingerprint density at radius 3 is 1.87 bits per heavy atom. The number of hydrogen-bond donors (Lipinski definition) is 1. The summed E-state index contributed by atoms with van der Waals surface area (Å²) in [6, 6.07) is 0. The summed E-state index contributed by atoms with van der Waals surface area (Å²) in [5, 5.41) is 3.37. The van der Waals surface area contributed by atoms with Crippen LogP contribution in [0, 0.1) is 23.8 Å². The second-order valence-corrected chi connectivity index (χ2v) is 11.4. The molecular weight excluding hydrogens is 861 g/mol. The topological polar surface area (TPSA) is 38.3 Å². The minimum atomic E-state index is -0.439. The molecule has 0 aliphatic carbocycles. The molecule has 1 aliphatic rings. The molecule has 23 heavy (non-hydrogen) atoms. The lowest BCUT2D eigenvalue weighted by Gasteiger charge is -2.37. The van der Waals surface area contributed by atoms with Crippen LogP contribution in [0.15, 0.2) is 0 Å².